The summed E-state index contributed by atoms with van der Waals surface area (Å²) < 4.78 is 5.31. The molecule has 0 aliphatic rings. The first-order valence-electron chi connectivity index (χ1n) is 5.14. The molecule has 0 amide bonds. The normalized spacial score (nSPS) is 10.5. The van der Waals surface area contributed by atoms with Crippen LogP contribution in [0.5, 0.6) is 5.75 Å². The molecule has 5 heteroatoms. The number of nitrogens with two attached hydrogens (primary N) is 1. The molecule has 0 atom stereocenters. The van der Waals surface area contributed by atoms with Crippen LogP contribution in [0.15, 0.2) is 18.2 Å². The number of benzene rings is 1. The highest BCUT2D eigenvalue weighted by Gasteiger charge is 2.10. The molecular weight excluding hydrogens is 256 g/mol. The lowest BCUT2D eigenvalue weighted by Crippen LogP contribution is -1.93. The summed E-state index contributed by atoms with van der Waals surface area (Å²) in [4.78, 5) is 5.35. The molecule has 3 nitrogen and oxygen atoms in total. The number of halogens is 1. The average molecular weight is 269 g/mol. The first-order valence-corrected chi connectivity index (χ1v) is 6.34. The summed E-state index contributed by atoms with van der Waals surface area (Å²) in [6.07, 6.45) is 0.741. The second kappa shape index (κ2) is 4.94. The molecule has 0 radical (unpaired) electrons. The summed E-state index contributed by atoms with van der Waals surface area (Å²) in [5, 5.41) is 1.30. The maximum absolute atomic E-state index is 5.99. The highest BCUT2D eigenvalue weighted by Crippen LogP contribution is 2.29. The summed E-state index contributed by atoms with van der Waals surface area (Å²) in [6, 6.07) is 5.60. The van der Waals surface area contributed by atoms with Gasteiger partial charge in [0.15, 0.2) is 5.13 Å². The van der Waals surface area contributed by atoms with E-state index >= 15 is 0 Å². The Morgan fingerprint density at radius 1 is 1.47 bits per heavy atom. The number of aromatic nitrogens is 1. The fraction of sp³-hybridized carbons (Fsp3) is 0.250. The van der Waals surface area contributed by atoms with Crippen molar-refractivity contribution < 1.29 is 4.74 Å². The smallest absolute Gasteiger partial charge is 0.180 e. The zero-order chi connectivity index (χ0) is 12.4. The van der Waals surface area contributed by atoms with E-state index in [0.717, 1.165) is 28.3 Å². The van der Waals surface area contributed by atoms with Crippen molar-refractivity contribution in [3.8, 4) is 5.75 Å². The zero-order valence-electron chi connectivity index (χ0n) is 9.66. The first-order chi connectivity index (χ1) is 8.10. The van der Waals surface area contributed by atoms with Crippen LogP contribution in [-0.4, -0.2) is 12.1 Å². The fourth-order valence-electron chi connectivity index (χ4n) is 1.67. The Hall–Kier alpha value is -1.26. The minimum Gasteiger partial charge on any atom is -0.496 e. The molecule has 2 aromatic rings. The Morgan fingerprint density at radius 2 is 2.24 bits per heavy atom. The van der Waals surface area contributed by atoms with Gasteiger partial charge in [0, 0.05) is 21.9 Å². The molecule has 0 unspecified atom stereocenters. The van der Waals surface area contributed by atoms with Gasteiger partial charge in [-0.3, -0.25) is 0 Å². The Morgan fingerprint density at radius 3 is 2.82 bits per heavy atom. The van der Waals surface area contributed by atoms with Crippen LogP contribution in [0.3, 0.4) is 0 Å². The lowest BCUT2D eigenvalue weighted by molar-refractivity contribution is 0.410. The second-order valence-electron chi connectivity index (χ2n) is 3.69. The van der Waals surface area contributed by atoms with E-state index < -0.39 is 0 Å². The number of hydrogen-bond donors (Lipinski definition) is 1. The highest BCUT2D eigenvalue weighted by atomic mass is 35.5. The van der Waals surface area contributed by atoms with Crippen LogP contribution in [0.1, 0.15) is 16.1 Å². The fourth-order valence-corrected chi connectivity index (χ4v) is 2.72. The van der Waals surface area contributed by atoms with Crippen LogP contribution in [-0.2, 0) is 6.42 Å². The van der Waals surface area contributed by atoms with Crippen molar-refractivity contribution in [2.45, 2.75) is 13.3 Å². The van der Waals surface area contributed by atoms with E-state index in [1.54, 1.807) is 7.11 Å². The summed E-state index contributed by atoms with van der Waals surface area (Å²) in [6.45, 7) is 1.96. The molecule has 1 aromatic heterocycles. The monoisotopic (exact) mass is 268 g/mol. The van der Waals surface area contributed by atoms with Gasteiger partial charge in [-0.25, -0.2) is 4.98 Å². The van der Waals surface area contributed by atoms with Gasteiger partial charge in [-0.05, 0) is 25.1 Å². The topological polar surface area (TPSA) is 48.1 Å². The first kappa shape index (κ1) is 12.2. The third-order valence-electron chi connectivity index (χ3n) is 2.50. The number of aryl methyl sites for hydroxylation is 1. The Kier molecular flexibility index (Phi) is 3.54. The number of rotatable bonds is 3. The maximum Gasteiger partial charge on any atom is 0.180 e. The van der Waals surface area contributed by atoms with E-state index in [1.165, 1.54) is 11.3 Å². The third kappa shape index (κ3) is 2.70. The van der Waals surface area contributed by atoms with E-state index in [0.29, 0.717) is 10.2 Å². The molecule has 2 rings (SSSR count). The van der Waals surface area contributed by atoms with Gasteiger partial charge in [0.05, 0.1) is 12.8 Å². The number of thiazole rings is 1. The molecule has 0 spiro atoms. The minimum atomic E-state index is 0.596. The van der Waals surface area contributed by atoms with Crippen LogP contribution >= 0.6 is 22.9 Å². The van der Waals surface area contributed by atoms with Crippen molar-refractivity contribution >= 4 is 28.1 Å². The number of methoxy groups -OCH3 is 1. The minimum absolute atomic E-state index is 0.596. The van der Waals surface area contributed by atoms with Crippen LogP contribution in [0, 0.1) is 6.92 Å². The number of anilines is 1. The Labute approximate surface area is 109 Å². The van der Waals surface area contributed by atoms with Crippen molar-refractivity contribution in [1.29, 1.82) is 0 Å². The van der Waals surface area contributed by atoms with Crippen LogP contribution in [0.2, 0.25) is 5.02 Å². The summed E-state index contributed by atoms with van der Waals surface area (Å²) in [5.41, 5.74) is 7.70. The molecule has 1 heterocycles. The zero-order valence-corrected chi connectivity index (χ0v) is 11.2. The maximum atomic E-state index is 5.99. The van der Waals surface area contributed by atoms with Crippen molar-refractivity contribution in [1.82, 2.24) is 4.98 Å². The third-order valence-corrected chi connectivity index (χ3v) is 3.72. The molecule has 0 saturated carbocycles. The van der Waals surface area contributed by atoms with Gasteiger partial charge >= 0.3 is 0 Å². The van der Waals surface area contributed by atoms with Crippen molar-refractivity contribution in [3.63, 3.8) is 0 Å². The molecule has 17 heavy (non-hydrogen) atoms. The predicted molar refractivity (Wildman–Crippen MR) is 72.1 cm³/mol. The molecule has 0 aliphatic heterocycles. The molecular formula is C12H13ClN2OS. The van der Waals surface area contributed by atoms with Gasteiger partial charge in [-0.2, -0.15) is 0 Å². The van der Waals surface area contributed by atoms with Crippen LogP contribution in [0.4, 0.5) is 5.13 Å². The summed E-state index contributed by atoms with van der Waals surface area (Å²) in [5.74, 6) is 0.834. The van der Waals surface area contributed by atoms with Gasteiger partial charge in [0.2, 0.25) is 0 Å². The lowest BCUT2D eigenvalue weighted by Gasteiger charge is -2.08. The van der Waals surface area contributed by atoms with Gasteiger partial charge in [-0.15, -0.1) is 11.3 Å². The Balaban J connectivity index is 2.35. The Bertz CT molecular complexity index is 539. The molecule has 0 fully saturated rings. The van der Waals surface area contributed by atoms with E-state index in [1.807, 2.05) is 25.1 Å². The van der Waals surface area contributed by atoms with Gasteiger partial charge in [0.1, 0.15) is 5.75 Å². The van der Waals surface area contributed by atoms with Gasteiger partial charge in [-0.1, -0.05) is 11.6 Å². The predicted octanol–water partition coefficient (Wildman–Crippen LogP) is 3.29. The summed E-state index contributed by atoms with van der Waals surface area (Å²) >= 11 is 7.49. The quantitative estimate of drug-likeness (QED) is 0.929. The largest absolute Gasteiger partial charge is 0.496 e. The van der Waals surface area contributed by atoms with Crippen molar-refractivity contribution in [2.24, 2.45) is 0 Å². The molecule has 90 valence electrons. The molecule has 0 saturated heterocycles. The van der Waals surface area contributed by atoms with Gasteiger partial charge in [0.25, 0.3) is 0 Å². The van der Waals surface area contributed by atoms with E-state index in [9.17, 15) is 0 Å². The van der Waals surface area contributed by atoms with Crippen molar-refractivity contribution in [3.05, 3.63) is 39.4 Å². The lowest BCUT2D eigenvalue weighted by atomic mass is 10.1. The molecule has 1 aromatic carbocycles. The molecule has 0 aliphatic carbocycles. The average Bonchev–Trinajstić information content (AvgIpc) is 2.58. The van der Waals surface area contributed by atoms with E-state index in [2.05, 4.69) is 4.98 Å². The van der Waals surface area contributed by atoms with Crippen LogP contribution in [0.25, 0.3) is 0 Å². The number of ether oxygens (including phenoxy) is 1. The molecule has 0 bridgehead atoms. The number of nitrogen functional groups attached to an aromatic ring is 1. The van der Waals surface area contributed by atoms with Gasteiger partial charge < -0.3 is 10.5 Å². The number of hydrogen-bond acceptors (Lipinski definition) is 4. The van der Waals surface area contributed by atoms with E-state index in [4.69, 9.17) is 22.1 Å². The second-order valence-corrected chi connectivity index (χ2v) is 5.25. The highest BCUT2D eigenvalue weighted by molar-refractivity contribution is 7.15. The van der Waals surface area contributed by atoms with Crippen molar-refractivity contribution in [2.75, 3.05) is 12.8 Å². The molecule has 2 N–H and O–H groups in total. The van der Waals surface area contributed by atoms with E-state index in [-0.39, 0.29) is 0 Å². The summed E-state index contributed by atoms with van der Waals surface area (Å²) in [7, 11) is 1.65. The van der Waals surface area contributed by atoms with Crippen LogP contribution < -0.4 is 10.5 Å². The SMILES string of the molecule is COc1ccc(Cl)cc1Cc1sc(N)nc1C. The standard InChI is InChI=1S/C12H13ClN2OS/c1-7-11(17-12(14)15-7)6-8-5-9(13)3-4-10(8)16-2/h3-5H,6H2,1-2H3,(H2,14,15). The number of nitrogens with zero attached hydrogens (tertiary/aromatic N) is 1.